The standard InChI is InChI=1S/C25H29N3O/c1-19(20-12-14-22(15-13-20)21-8-4-3-5-9-21)26-25(29)18-28-17-7-11-24(28)23-10-6-16-27(23)2/h3-6,8-10,12-16,19,24H,7,11,17-18H2,1-2H3,(H,26,29)/t19-,24-/m1/s1. The Kier molecular flexibility index (Phi) is 5.81. The second-order valence-electron chi connectivity index (χ2n) is 7.95. The lowest BCUT2D eigenvalue weighted by atomic mass is 10.0. The molecule has 1 N–H and O–H groups in total. The Hall–Kier alpha value is -2.85. The summed E-state index contributed by atoms with van der Waals surface area (Å²) in [4.78, 5) is 15.0. The van der Waals surface area contributed by atoms with Gasteiger partial charge in [-0.05, 0) is 55.1 Å². The van der Waals surface area contributed by atoms with Crippen molar-refractivity contribution in [3.05, 3.63) is 84.2 Å². The van der Waals surface area contributed by atoms with Gasteiger partial charge in [-0.15, -0.1) is 0 Å². The molecule has 2 aromatic carbocycles. The maximum atomic E-state index is 12.7. The summed E-state index contributed by atoms with van der Waals surface area (Å²) in [7, 11) is 2.08. The Morgan fingerprint density at radius 2 is 1.76 bits per heavy atom. The third-order valence-corrected chi connectivity index (χ3v) is 5.93. The Morgan fingerprint density at radius 3 is 2.45 bits per heavy atom. The minimum atomic E-state index is -0.0107. The zero-order valence-electron chi connectivity index (χ0n) is 17.2. The van der Waals surface area contributed by atoms with Crippen molar-refractivity contribution >= 4 is 5.91 Å². The van der Waals surface area contributed by atoms with Crippen LogP contribution in [0.25, 0.3) is 11.1 Å². The van der Waals surface area contributed by atoms with E-state index in [2.05, 4.69) is 76.6 Å². The first-order chi connectivity index (χ1) is 14.1. The summed E-state index contributed by atoms with van der Waals surface area (Å²) in [6.07, 6.45) is 4.33. The van der Waals surface area contributed by atoms with Gasteiger partial charge in [0.1, 0.15) is 0 Å². The van der Waals surface area contributed by atoms with E-state index in [0.717, 1.165) is 24.9 Å². The summed E-state index contributed by atoms with van der Waals surface area (Å²) in [5.41, 5.74) is 4.81. The van der Waals surface area contributed by atoms with E-state index >= 15 is 0 Å². The van der Waals surface area contributed by atoms with Gasteiger partial charge in [0.2, 0.25) is 5.91 Å². The number of hydrogen-bond donors (Lipinski definition) is 1. The van der Waals surface area contributed by atoms with Crippen molar-refractivity contribution in [3.63, 3.8) is 0 Å². The molecule has 3 aromatic rings. The molecule has 4 nitrogen and oxygen atoms in total. The molecule has 2 atom stereocenters. The number of nitrogens with one attached hydrogen (secondary N) is 1. The monoisotopic (exact) mass is 387 g/mol. The van der Waals surface area contributed by atoms with Gasteiger partial charge in [0.15, 0.2) is 0 Å². The predicted octanol–water partition coefficient (Wildman–Crippen LogP) is 4.71. The summed E-state index contributed by atoms with van der Waals surface area (Å²) >= 11 is 0. The number of likely N-dealkylation sites (tertiary alicyclic amines) is 1. The molecule has 1 saturated heterocycles. The number of carbonyl (C=O) groups is 1. The number of aryl methyl sites for hydroxylation is 1. The topological polar surface area (TPSA) is 37.3 Å². The van der Waals surface area contributed by atoms with Crippen LogP contribution in [-0.2, 0) is 11.8 Å². The van der Waals surface area contributed by atoms with Gasteiger partial charge >= 0.3 is 0 Å². The number of aromatic nitrogens is 1. The van der Waals surface area contributed by atoms with Crippen LogP contribution in [0.5, 0.6) is 0 Å². The number of rotatable bonds is 6. The van der Waals surface area contributed by atoms with Crippen LogP contribution >= 0.6 is 0 Å². The van der Waals surface area contributed by atoms with Crippen LogP contribution in [0.3, 0.4) is 0 Å². The smallest absolute Gasteiger partial charge is 0.234 e. The van der Waals surface area contributed by atoms with Crippen LogP contribution in [-0.4, -0.2) is 28.5 Å². The molecule has 0 saturated carbocycles. The van der Waals surface area contributed by atoms with Gasteiger partial charge in [-0.25, -0.2) is 0 Å². The highest BCUT2D eigenvalue weighted by Gasteiger charge is 2.29. The predicted molar refractivity (Wildman–Crippen MR) is 117 cm³/mol. The number of benzene rings is 2. The van der Waals surface area contributed by atoms with Crippen molar-refractivity contribution < 1.29 is 4.79 Å². The maximum Gasteiger partial charge on any atom is 0.234 e. The normalized spacial score (nSPS) is 17.9. The van der Waals surface area contributed by atoms with Crippen molar-refractivity contribution in [1.82, 2.24) is 14.8 Å². The van der Waals surface area contributed by atoms with Crippen LogP contribution in [0.4, 0.5) is 0 Å². The maximum absolute atomic E-state index is 12.7. The van der Waals surface area contributed by atoms with Crippen molar-refractivity contribution in [1.29, 1.82) is 0 Å². The Bertz CT molecular complexity index is 946. The summed E-state index contributed by atoms with van der Waals surface area (Å²) in [5.74, 6) is 0.0887. The molecule has 1 aliphatic heterocycles. The Balaban J connectivity index is 1.36. The van der Waals surface area contributed by atoms with Crippen LogP contribution in [0.2, 0.25) is 0 Å². The molecule has 29 heavy (non-hydrogen) atoms. The van der Waals surface area contributed by atoms with E-state index in [1.165, 1.54) is 16.8 Å². The molecule has 2 heterocycles. The summed E-state index contributed by atoms with van der Waals surface area (Å²) in [5, 5.41) is 3.18. The molecule has 1 aliphatic rings. The summed E-state index contributed by atoms with van der Waals surface area (Å²) in [6, 6.07) is 23.4. The average molecular weight is 388 g/mol. The van der Waals surface area contributed by atoms with Crippen LogP contribution < -0.4 is 5.32 Å². The van der Waals surface area contributed by atoms with Gasteiger partial charge in [-0.2, -0.15) is 0 Å². The molecule has 1 aromatic heterocycles. The molecule has 0 radical (unpaired) electrons. The fourth-order valence-electron chi connectivity index (χ4n) is 4.32. The summed E-state index contributed by atoms with van der Waals surface area (Å²) in [6.45, 7) is 3.47. The first-order valence-corrected chi connectivity index (χ1v) is 10.4. The second kappa shape index (κ2) is 8.66. The largest absolute Gasteiger partial charge is 0.353 e. The first kappa shape index (κ1) is 19.5. The van der Waals surface area contributed by atoms with Gasteiger partial charge in [0.25, 0.3) is 0 Å². The summed E-state index contributed by atoms with van der Waals surface area (Å²) < 4.78 is 2.16. The third kappa shape index (κ3) is 4.43. The van der Waals surface area contributed by atoms with Gasteiger partial charge in [-0.3, -0.25) is 9.69 Å². The molecular weight excluding hydrogens is 358 g/mol. The van der Waals surface area contributed by atoms with Crippen LogP contribution in [0.15, 0.2) is 72.9 Å². The molecular formula is C25H29N3O. The van der Waals surface area contributed by atoms with E-state index in [1.54, 1.807) is 0 Å². The quantitative estimate of drug-likeness (QED) is 0.665. The zero-order chi connectivity index (χ0) is 20.2. The van der Waals surface area contributed by atoms with Crippen LogP contribution in [0, 0.1) is 0 Å². The van der Waals surface area contributed by atoms with Gasteiger partial charge in [-0.1, -0.05) is 54.6 Å². The van der Waals surface area contributed by atoms with E-state index in [-0.39, 0.29) is 11.9 Å². The molecule has 4 heteroatoms. The minimum absolute atomic E-state index is 0.0107. The highest BCUT2D eigenvalue weighted by atomic mass is 16.2. The van der Waals surface area contributed by atoms with Crippen LogP contribution in [0.1, 0.15) is 43.1 Å². The fourth-order valence-corrected chi connectivity index (χ4v) is 4.32. The van der Waals surface area contributed by atoms with Crippen molar-refractivity contribution in [2.24, 2.45) is 7.05 Å². The molecule has 0 aliphatic carbocycles. The molecule has 0 bridgehead atoms. The lowest BCUT2D eigenvalue weighted by Gasteiger charge is -2.25. The van der Waals surface area contributed by atoms with Gasteiger partial charge < -0.3 is 9.88 Å². The molecule has 1 fully saturated rings. The third-order valence-electron chi connectivity index (χ3n) is 5.93. The highest BCUT2D eigenvalue weighted by Crippen LogP contribution is 2.31. The molecule has 150 valence electrons. The lowest BCUT2D eigenvalue weighted by molar-refractivity contribution is -0.123. The van der Waals surface area contributed by atoms with Crippen molar-refractivity contribution in [3.8, 4) is 11.1 Å². The number of amides is 1. The SMILES string of the molecule is C[C@@H](NC(=O)CN1CCC[C@@H]1c1cccn1C)c1ccc(-c2ccccc2)cc1. The molecule has 4 rings (SSSR count). The molecule has 0 unspecified atom stereocenters. The number of hydrogen-bond acceptors (Lipinski definition) is 2. The van der Waals surface area contributed by atoms with Crippen molar-refractivity contribution in [2.75, 3.05) is 13.1 Å². The van der Waals surface area contributed by atoms with E-state index < -0.39 is 0 Å². The van der Waals surface area contributed by atoms with E-state index in [9.17, 15) is 4.79 Å². The van der Waals surface area contributed by atoms with Crippen molar-refractivity contribution in [2.45, 2.75) is 31.8 Å². The van der Waals surface area contributed by atoms with Gasteiger partial charge in [0.05, 0.1) is 18.6 Å². The first-order valence-electron chi connectivity index (χ1n) is 10.4. The van der Waals surface area contributed by atoms with E-state index in [4.69, 9.17) is 0 Å². The average Bonchev–Trinajstić information content (AvgIpc) is 3.37. The fraction of sp³-hybridized carbons (Fsp3) is 0.320. The van der Waals surface area contributed by atoms with E-state index in [1.807, 2.05) is 25.1 Å². The Morgan fingerprint density at radius 1 is 1.03 bits per heavy atom. The molecule has 0 spiro atoms. The molecule has 1 amide bonds. The zero-order valence-corrected chi connectivity index (χ0v) is 17.2. The second-order valence-corrected chi connectivity index (χ2v) is 7.95. The Labute approximate surface area is 173 Å². The van der Waals surface area contributed by atoms with E-state index in [0.29, 0.717) is 12.6 Å². The minimum Gasteiger partial charge on any atom is -0.353 e. The van der Waals surface area contributed by atoms with Gasteiger partial charge in [0, 0.05) is 18.9 Å². The number of carbonyl (C=O) groups excluding carboxylic acids is 1. The number of nitrogens with zero attached hydrogens (tertiary/aromatic N) is 2. The lowest BCUT2D eigenvalue weighted by Crippen LogP contribution is -2.38. The highest BCUT2D eigenvalue weighted by molar-refractivity contribution is 5.78.